The minimum Gasteiger partial charge on any atom is -0.447 e. The van der Waals surface area contributed by atoms with Crippen molar-refractivity contribution >= 4 is 5.91 Å². The molecule has 1 fully saturated rings. The monoisotopic (exact) mass is 431 g/mol. The van der Waals surface area contributed by atoms with Crippen molar-refractivity contribution in [2.24, 2.45) is 0 Å². The Morgan fingerprint density at radius 1 is 1.06 bits per heavy atom. The summed E-state index contributed by atoms with van der Waals surface area (Å²) in [6.45, 7) is 9.43. The summed E-state index contributed by atoms with van der Waals surface area (Å²) in [7, 11) is 0. The molecule has 0 radical (unpaired) electrons. The fraction of sp³-hybridized carbons (Fsp3) is 0.407. The van der Waals surface area contributed by atoms with Gasteiger partial charge in [-0.1, -0.05) is 54.1 Å². The number of hydrogen-bond acceptors (Lipinski definition) is 4. The van der Waals surface area contributed by atoms with Crippen molar-refractivity contribution in [3.05, 3.63) is 88.6 Å². The fourth-order valence-electron chi connectivity index (χ4n) is 4.38. The van der Waals surface area contributed by atoms with Crippen molar-refractivity contribution in [2.75, 3.05) is 13.1 Å². The first-order valence-electron chi connectivity index (χ1n) is 11.6. The predicted octanol–water partition coefficient (Wildman–Crippen LogP) is 5.68. The molecule has 0 aliphatic carbocycles. The summed E-state index contributed by atoms with van der Waals surface area (Å²) in [5.74, 6) is 0.565. The number of hydrogen-bond donors (Lipinski definition) is 0. The molecule has 0 saturated carbocycles. The molecule has 1 unspecified atom stereocenters. The second-order valence-corrected chi connectivity index (χ2v) is 8.90. The molecule has 1 aliphatic heterocycles. The Kier molecular flexibility index (Phi) is 7.05. The fourth-order valence-corrected chi connectivity index (χ4v) is 4.38. The van der Waals surface area contributed by atoms with Gasteiger partial charge in [0.25, 0.3) is 5.91 Å². The number of piperidine rings is 1. The van der Waals surface area contributed by atoms with Crippen LogP contribution in [0.5, 0.6) is 0 Å². The van der Waals surface area contributed by atoms with Crippen LogP contribution in [-0.2, 0) is 13.1 Å². The van der Waals surface area contributed by atoms with Crippen LogP contribution in [0.4, 0.5) is 0 Å². The van der Waals surface area contributed by atoms with Gasteiger partial charge in [-0.25, -0.2) is 4.98 Å². The zero-order chi connectivity index (χ0) is 22.5. The molecule has 2 aromatic carbocycles. The van der Waals surface area contributed by atoms with Gasteiger partial charge in [0.1, 0.15) is 6.26 Å². The highest BCUT2D eigenvalue weighted by Gasteiger charge is 2.24. The van der Waals surface area contributed by atoms with E-state index in [-0.39, 0.29) is 11.9 Å². The minimum absolute atomic E-state index is 0.0168. The Bertz CT molecular complexity index is 1040. The van der Waals surface area contributed by atoms with Crippen LogP contribution >= 0.6 is 0 Å². The van der Waals surface area contributed by atoms with Crippen molar-refractivity contribution < 1.29 is 9.21 Å². The maximum absolute atomic E-state index is 12.8. The van der Waals surface area contributed by atoms with E-state index in [9.17, 15) is 4.79 Å². The molecule has 5 nitrogen and oxygen atoms in total. The van der Waals surface area contributed by atoms with E-state index in [1.807, 2.05) is 11.0 Å². The number of nitrogens with zero attached hydrogens (tertiary/aromatic N) is 3. The molecule has 1 amide bonds. The number of likely N-dealkylation sites (tertiary alicyclic amines) is 1. The zero-order valence-corrected chi connectivity index (χ0v) is 19.4. The lowest BCUT2D eigenvalue weighted by molar-refractivity contribution is 0.0718. The SMILES string of the molecule is Cc1ccc(C)c(CN(Cc2nc(C(=O)N3CCCCC3)co2)C(C)c2ccccc2)c1. The lowest BCUT2D eigenvalue weighted by atomic mass is 10.0. The largest absolute Gasteiger partial charge is 0.447 e. The summed E-state index contributed by atoms with van der Waals surface area (Å²) in [4.78, 5) is 21.7. The van der Waals surface area contributed by atoms with E-state index < -0.39 is 0 Å². The molecule has 2 heterocycles. The molecular formula is C27H33N3O2. The number of carbonyl (C=O) groups is 1. The van der Waals surface area contributed by atoms with E-state index in [2.05, 4.69) is 73.1 Å². The van der Waals surface area contributed by atoms with Crippen LogP contribution in [0.1, 0.15) is 70.9 Å². The van der Waals surface area contributed by atoms with E-state index >= 15 is 0 Å². The highest BCUT2D eigenvalue weighted by Crippen LogP contribution is 2.26. The number of amides is 1. The number of aromatic nitrogens is 1. The molecule has 0 spiro atoms. The van der Waals surface area contributed by atoms with Crippen LogP contribution in [0.3, 0.4) is 0 Å². The van der Waals surface area contributed by atoms with E-state index in [1.54, 1.807) is 0 Å². The molecule has 1 aromatic heterocycles. The summed E-state index contributed by atoms with van der Waals surface area (Å²) < 4.78 is 5.78. The molecule has 32 heavy (non-hydrogen) atoms. The number of rotatable bonds is 7. The topological polar surface area (TPSA) is 49.6 Å². The first kappa shape index (κ1) is 22.3. The summed E-state index contributed by atoms with van der Waals surface area (Å²) in [6, 6.07) is 17.2. The number of aryl methyl sites for hydroxylation is 2. The molecule has 0 bridgehead atoms. The van der Waals surface area contributed by atoms with Crippen LogP contribution in [0.15, 0.2) is 59.2 Å². The van der Waals surface area contributed by atoms with Gasteiger partial charge in [-0.2, -0.15) is 0 Å². The molecule has 1 atom stereocenters. The summed E-state index contributed by atoms with van der Waals surface area (Å²) >= 11 is 0. The van der Waals surface area contributed by atoms with Crippen molar-refractivity contribution in [1.29, 1.82) is 0 Å². The van der Waals surface area contributed by atoms with Crippen LogP contribution in [-0.4, -0.2) is 33.8 Å². The third-order valence-electron chi connectivity index (χ3n) is 6.46. The van der Waals surface area contributed by atoms with E-state index in [0.717, 1.165) is 32.5 Å². The lowest BCUT2D eigenvalue weighted by Gasteiger charge is -2.29. The Balaban J connectivity index is 1.55. The van der Waals surface area contributed by atoms with Crippen LogP contribution in [0.2, 0.25) is 0 Å². The van der Waals surface area contributed by atoms with Gasteiger partial charge in [0.15, 0.2) is 5.69 Å². The van der Waals surface area contributed by atoms with E-state index in [1.165, 1.54) is 34.9 Å². The molecule has 1 saturated heterocycles. The van der Waals surface area contributed by atoms with Crippen molar-refractivity contribution in [3.63, 3.8) is 0 Å². The first-order chi connectivity index (χ1) is 15.5. The van der Waals surface area contributed by atoms with Gasteiger partial charge in [0, 0.05) is 25.7 Å². The zero-order valence-electron chi connectivity index (χ0n) is 19.4. The number of carbonyl (C=O) groups excluding carboxylic acids is 1. The van der Waals surface area contributed by atoms with Crippen LogP contribution < -0.4 is 0 Å². The Labute approximate surface area is 191 Å². The molecule has 0 N–H and O–H groups in total. The molecule has 3 aromatic rings. The average molecular weight is 432 g/mol. The quantitative estimate of drug-likeness (QED) is 0.483. The van der Waals surface area contributed by atoms with Gasteiger partial charge in [0.05, 0.1) is 6.54 Å². The van der Waals surface area contributed by atoms with Gasteiger partial charge >= 0.3 is 0 Å². The molecule has 1 aliphatic rings. The Hall–Kier alpha value is -2.92. The maximum Gasteiger partial charge on any atom is 0.275 e. The Morgan fingerprint density at radius 2 is 1.81 bits per heavy atom. The smallest absolute Gasteiger partial charge is 0.275 e. The van der Waals surface area contributed by atoms with Crippen molar-refractivity contribution in [3.8, 4) is 0 Å². The Morgan fingerprint density at radius 3 is 2.56 bits per heavy atom. The van der Waals surface area contributed by atoms with Gasteiger partial charge in [-0.3, -0.25) is 9.69 Å². The van der Waals surface area contributed by atoms with Gasteiger partial charge in [-0.15, -0.1) is 0 Å². The number of oxazole rings is 1. The average Bonchev–Trinajstić information content (AvgIpc) is 3.29. The lowest BCUT2D eigenvalue weighted by Crippen LogP contribution is -2.35. The normalized spacial score (nSPS) is 15.2. The third-order valence-corrected chi connectivity index (χ3v) is 6.46. The highest BCUT2D eigenvalue weighted by molar-refractivity contribution is 5.92. The van der Waals surface area contributed by atoms with Gasteiger partial charge in [0.2, 0.25) is 5.89 Å². The molecule has 168 valence electrons. The van der Waals surface area contributed by atoms with Crippen LogP contribution in [0.25, 0.3) is 0 Å². The van der Waals surface area contributed by atoms with Crippen molar-refractivity contribution in [2.45, 2.75) is 59.2 Å². The molecule has 5 heteroatoms. The van der Waals surface area contributed by atoms with Gasteiger partial charge < -0.3 is 9.32 Å². The molecular weight excluding hydrogens is 398 g/mol. The summed E-state index contributed by atoms with van der Waals surface area (Å²) in [5.41, 5.74) is 5.48. The standard InChI is InChI=1S/C27H33N3O2/c1-20-12-13-21(2)24(16-20)17-30(22(3)23-10-6-4-7-11-23)18-26-28-25(19-32-26)27(31)29-14-8-5-9-15-29/h4,6-7,10-13,16,19,22H,5,8-9,14-15,17-18H2,1-3H3. The number of benzene rings is 2. The minimum atomic E-state index is -0.0168. The van der Waals surface area contributed by atoms with E-state index in [4.69, 9.17) is 4.42 Å². The molecule has 4 rings (SSSR count). The van der Waals surface area contributed by atoms with Crippen molar-refractivity contribution in [1.82, 2.24) is 14.8 Å². The summed E-state index contributed by atoms with van der Waals surface area (Å²) in [6.07, 6.45) is 4.84. The third kappa shape index (κ3) is 5.28. The first-order valence-corrected chi connectivity index (χ1v) is 11.6. The predicted molar refractivity (Wildman–Crippen MR) is 126 cm³/mol. The maximum atomic E-state index is 12.8. The van der Waals surface area contributed by atoms with Crippen LogP contribution in [0, 0.1) is 13.8 Å². The second-order valence-electron chi connectivity index (χ2n) is 8.90. The second kappa shape index (κ2) is 10.1. The van der Waals surface area contributed by atoms with E-state index in [0.29, 0.717) is 18.1 Å². The summed E-state index contributed by atoms with van der Waals surface area (Å²) in [5, 5.41) is 0. The van der Waals surface area contributed by atoms with Gasteiger partial charge in [-0.05, 0) is 56.7 Å². The highest BCUT2D eigenvalue weighted by atomic mass is 16.3.